The molecule has 0 bridgehead atoms. The summed E-state index contributed by atoms with van der Waals surface area (Å²) in [5.41, 5.74) is 0.519. The van der Waals surface area contributed by atoms with Crippen LogP contribution in [0.15, 0.2) is 51.8 Å². The van der Waals surface area contributed by atoms with Crippen LogP contribution in [0.5, 0.6) is 0 Å². The highest BCUT2D eigenvalue weighted by atomic mass is 79.9. The average Bonchev–Trinajstić information content (AvgIpc) is 3.15. The van der Waals surface area contributed by atoms with Gasteiger partial charge in [0.05, 0.1) is 21.7 Å². The van der Waals surface area contributed by atoms with Gasteiger partial charge in [0.1, 0.15) is 11.9 Å². The molecule has 0 radical (unpaired) electrons. The maximum absolute atomic E-state index is 13.8. The number of halogens is 3. The Balaban J connectivity index is 1.72. The van der Waals surface area contributed by atoms with Gasteiger partial charge >= 0.3 is 0 Å². The van der Waals surface area contributed by atoms with Gasteiger partial charge in [0.15, 0.2) is 5.82 Å². The van der Waals surface area contributed by atoms with Crippen molar-refractivity contribution in [2.45, 2.75) is 19.5 Å². The topological polar surface area (TPSA) is 64.7 Å². The zero-order chi connectivity index (χ0) is 18.0. The van der Waals surface area contributed by atoms with Crippen LogP contribution in [0, 0.1) is 5.82 Å². The van der Waals surface area contributed by atoms with E-state index < -0.39 is 6.04 Å². The minimum atomic E-state index is -0.505. The number of hydrogen-bond acceptors (Lipinski definition) is 3. The molecular formula is C16H14Br2FN5O. The molecule has 6 nitrogen and oxygen atoms in total. The SMILES string of the molecule is CC(C(=O)Nc1nn(Cc2ccccc2F)cc1Br)n1cc(Br)cn1. The lowest BCUT2D eigenvalue weighted by atomic mass is 10.2. The molecule has 25 heavy (non-hydrogen) atoms. The number of aromatic nitrogens is 4. The first-order valence-electron chi connectivity index (χ1n) is 7.41. The lowest BCUT2D eigenvalue weighted by molar-refractivity contribution is -0.119. The number of carbonyl (C=O) groups is 1. The molecule has 1 unspecified atom stereocenters. The molecule has 3 aromatic rings. The van der Waals surface area contributed by atoms with E-state index in [1.807, 2.05) is 0 Å². The van der Waals surface area contributed by atoms with E-state index in [1.54, 1.807) is 53.1 Å². The number of rotatable bonds is 5. The number of carbonyl (C=O) groups excluding carboxylic acids is 1. The van der Waals surface area contributed by atoms with Crippen LogP contribution in [0.4, 0.5) is 10.2 Å². The summed E-state index contributed by atoms with van der Waals surface area (Å²) < 4.78 is 18.3. The van der Waals surface area contributed by atoms with E-state index in [-0.39, 0.29) is 18.3 Å². The Bertz CT molecular complexity index is 908. The predicted molar refractivity (Wildman–Crippen MR) is 98.7 cm³/mol. The van der Waals surface area contributed by atoms with Gasteiger partial charge in [0.25, 0.3) is 0 Å². The Hall–Kier alpha value is -2.00. The number of benzene rings is 1. The fraction of sp³-hybridized carbons (Fsp3) is 0.188. The van der Waals surface area contributed by atoms with Gasteiger partial charge in [-0.1, -0.05) is 18.2 Å². The number of nitrogens with one attached hydrogen (secondary N) is 1. The van der Waals surface area contributed by atoms with Crippen molar-refractivity contribution in [2.75, 3.05) is 5.32 Å². The molecule has 9 heteroatoms. The van der Waals surface area contributed by atoms with Crippen LogP contribution >= 0.6 is 31.9 Å². The normalized spacial score (nSPS) is 12.2. The molecule has 0 saturated heterocycles. The van der Waals surface area contributed by atoms with Crippen molar-refractivity contribution in [3.8, 4) is 0 Å². The maximum atomic E-state index is 13.8. The van der Waals surface area contributed by atoms with Crippen LogP contribution in [0.3, 0.4) is 0 Å². The first-order chi connectivity index (χ1) is 11.9. The number of anilines is 1. The summed E-state index contributed by atoms with van der Waals surface area (Å²) in [7, 11) is 0. The second kappa shape index (κ2) is 7.49. The van der Waals surface area contributed by atoms with Crippen molar-refractivity contribution >= 4 is 43.6 Å². The molecule has 3 rings (SSSR count). The van der Waals surface area contributed by atoms with Crippen LogP contribution in [0.1, 0.15) is 18.5 Å². The molecule has 0 aliphatic heterocycles. The molecule has 1 atom stereocenters. The summed E-state index contributed by atoms with van der Waals surface area (Å²) in [6.07, 6.45) is 5.02. The standard InChI is InChI=1S/C16H14Br2FN5O/c1-10(24-8-12(17)6-20-24)16(25)21-15-13(18)9-23(22-15)7-11-4-2-3-5-14(11)19/h2-6,8-10H,7H2,1H3,(H,21,22,25). The molecule has 2 aromatic heterocycles. The molecular weight excluding hydrogens is 457 g/mol. The Morgan fingerprint density at radius 2 is 2.08 bits per heavy atom. The zero-order valence-corrected chi connectivity index (χ0v) is 16.3. The van der Waals surface area contributed by atoms with Crippen molar-refractivity contribution in [3.05, 3.63) is 63.2 Å². The summed E-state index contributed by atoms with van der Waals surface area (Å²) in [6.45, 7) is 2.00. The van der Waals surface area contributed by atoms with Gasteiger partial charge in [-0.2, -0.15) is 10.2 Å². The van der Waals surface area contributed by atoms with E-state index >= 15 is 0 Å². The minimum Gasteiger partial charge on any atom is -0.306 e. The summed E-state index contributed by atoms with van der Waals surface area (Å²) in [6, 6.07) is 6.00. The van der Waals surface area contributed by atoms with Gasteiger partial charge in [-0.3, -0.25) is 14.2 Å². The molecule has 2 heterocycles. The molecule has 0 saturated carbocycles. The van der Waals surface area contributed by atoms with Crippen LogP contribution in [0.2, 0.25) is 0 Å². The first-order valence-corrected chi connectivity index (χ1v) is 8.99. The number of nitrogens with zero attached hydrogens (tertiary/aromatic N) is 4. The number of amides is 1. The lowest BCUT2D eigenvalue weighted by Crippen LogP contribution is -2.24. The second-order valence-corrected chi connectivity index (χ2v) is 7.19. The van der Waals surface area contributed by atoms with Gasteiger partial charge in [0, 0.05) is 18.0 Å². The third-order valence-electron chi connectivity index (χ3n) is 3.60. The van der Waals surface area contributed by atoms with E-state index in [1.165, 1.54) is 6.07 Å². The Kier molecular flexibility index (Phi) is 5.33. The van der Waals surface area contributed by atoms with Crippen LogP contribution in [-0.4, -0.2) is 25.5 Å². The fourth-order valence-electron chi connectivity index (χ4n) is 2.23. The molecule has 1 amide bonds. The van der Waals surface area contributed by atoms with Gasteiger partial charge < -0.3 is 5.32 Å². The van der Waals surface area contributed by atoms with Gasteiger partial charge in [-0.25, -0.2) is 4.39 Å². The molecule has 0 spiro atoms. The predicted octanol–water partition coefficient (Wildman–Crippen LogP) is 3.99. The minimum absolute atomic E-state index is 0.257. The summed E-state index contributed by atoms with van der Waals surface area (Å²) >= 11 is 6.67. The summed E-state index contributed by atoms with van der Waals surface area (Å²) in [4.78, 5) is 12.4. The van der Waals surface area contributed by atoms with E-state index in [4.69, 9.17) is 0 Å². The quantitative estimate of drug-likeness (QED) is 0.613. The molecule has 0 aliphatic rings. The van der Waals surface area contributed by atoms with Crippen molar-refractivity contribution < 1.29 is 9.18 Å². The van der Waals surface area contributed by atoms with E-state index in [2.05, 4.69) is 47.4 Å². The van der Waals surface area contributed by atoms with Crippen molar-refractivity contribution in [2.24, 2.45) is 0 Å². The van der Waals surface area contributed by atoms with Crippen molar-refractivity contribution in [1.29, 1.82) is 0 Å². The molecule has 0 fully saturated rings. The van der Waals surface area contributed by atoms with Crippen molar-refractivity contribution in [3.63, 3.8) is 0 Å². The highest BCUT2D eigenvalue weighted by molar-refractivity contribution is 9.10. The Morgan fingerprint density at radius 1 is 1.32 bits per heavy atom. The van der Waals surface area contributed by atoms with Gasteiger partial charge in [0.2, 0.25) is 5.91 Å². The smallest absolute Gasteiger partial charge is 0.250 e. The van der Waals surface area contributed by atoms with E-state index in [9.17, 15) is 9.18 Å². The zero-order valence-electron chi connectivity index (χ0n) is 13.2. The van der Waals surface area contributed by atoms with Crippen LogP contribution < -0.4 is 5.32 Å². The second-order valence-electron chi connectivity index (χ2n) is 5.42. The molecule has 1 N–H and O–H groups in total. The van der Waals surface area contributed by atoms with E-state index in [0.29, 0.717) is 15.9 Å². The van der Waals surface area contributed by atoms with Gasteiger partial charge in [-0.05, 0) is 44.8 Å². The highest BCUT2D eigenvalue weighted by Crippen LogP contribution is 2.22. The average molecular weight is 471 g/mol. The fourth-order valence-corrected chi connectivity index (χ4v) is 2.95. The Labute approximate surface area is 160 Å². The van der Waals surface area contributed by atoms with Crippen molar-refractivity contribution in [1.82, 2.24) is 19.6 Å². The maximum Gasteiger partial charge on any atom is 0.250 e. The highest BCUT2D eigenvalue weighted by Gasteiger charge is 2.19. The number of hydrogen-bond donors (Lipinski definition) is 1. The molecule has 1 aromatic carbocycles. The van der Waals surface area contributed by atoms with Crippen LogP contribution in [0.25, 0.3) is 0 Å². The molecule has 0 aliphatic carbocycles. The van der Waals surface area contributed by atoms with E-state index in [0.717, 1.165) is 4.47 Å². The third-order valence-corrected chi connectivity index (χ3v) is 4.58. The first kappa shape index (κ1) is 17.8. The Morgan fingerprint density at radius 3 is 2.76 bits per heavy atom. The third kappa shape index (κ3) is 4.16. The van der Waals surface area contributed by atoms with Crippen LogP contribution in [-0.2, 0) is 11.3 Å². The lowest BCUT2D eigenvalue weighted by Gasteiger charge is -2.11. The van der Waals surface area contributed by atoms with Gasteiger partial charge in [-0.15, -0.1) is 0 Å². The summed E-state index contributed by atoms with van der Waals surface area (Å²) in [5.74, 6) is -0.176. The summed E-state index contributed by atoms with van der Waals surface area (Å²) in [5, 5.41) is 11.2. The monoisotopic (exact) mass is 469 g/mol. The largest absolute Gasteiger partial charge is 0.306 e. The molecule has 130 valence electrons.